The number of thiazole rings is 1. The molecule has 0 bridgehead atoms. The number of rotatable bonds is 6. The predicted octanol–water partition coefficient (Wildman–Crippen LogP) is 1.79. The van der Waals surface area contributed by atoms with E-state index in [-0.39, 0.29) is 11.8 Å². The molecule has 2 aliphatic carbocycles. The van der Waals surface area contributed by atoms with Crippen molar-refractivity contribution in [3.8, 4) is 0 Å². The first-order valence-electron chi connectivity index (χ1n) is 7.63. The van der Waals surface area contributed by atoms with Gasteiger partial charge >= 0.3 is 5.97 Å². The van der Waals surface area contributed by atoms with Crippen LogP contribution < -0.4 is 5.32 Å². The summed E-state index contributed by atoms with van der Waals surface area (Å²) in [6.45, 7) is 0.603. The molecule has 1 saturated carbocycles. The summed E-state index contributed by atoms with van der Waals surface area (Å²) in [6.07, 6.45) is 7.05. The van der Waals surface area contributed by atoms with Crippen molar-refractivity contribution in [1.29, 1.82) is 0 Å². The first-order chi connectivity index (χ1) is 10.1. The normalized spacial score (nSPS) is 23.4. The van der Waals surface area contributed by atoms with Gasteiger partial charge in [0.2, 0.25) is 5.91 Å². The number of aryl methyl sites for hydroxylation is 3. The molecule has 21 heavy (non-hydrogen) atoms. The molecule has 1 aromatic rings. The lowest BCUT2D eigenvalue weighted by Crippen LogP contribution is -2.27. The maximum atomic E-state index is 11.7. The number of aromatic nitrogens is 1. The number of carboxylic acid groups (broad SMARTS) is 1. The van der Waals surface area contributed by atoms with E-state index >= 15 is 0 Å². The van der Waals surface area contributed by atoms with Crippen molar-refractivity contribution in [2.45, 2.75) is 44.9 Å². The predicted molar refractivity (Wildman–Crippen MR) is 79.3 cm³/mol. The van der Waals surface area contributed by atoms with E-state index in [9.17, 15) is 9.59 Å². The number of carbonyl (C=O) groups excluding carboxylic acids is 1. The van der Waals surface area contributed by atoms with Crippen molar-refractivity contribution < 1.29 is 14.7 Å². The van der Waals surface area contributed by atoms with E-state index in [1.807, 2.05) is 11.3 Å². The van der Waals surface area contributed by atoms with E-state index < -0.39 is 11.9 Å². The second-order valence-corrected chi connectivity index (χ2v) is 7.03. The van der Waals surface area contributed by atoms with Crippen molar-refractivity contribution in [3.05, 3.63) is 15.6 Å². The molecule has 5 nitrogen and oxygen atoms in total. The minimum absolute atomic E-state index is 0.110. The van der Waals surface area contributed by atoms with Gasteiger partial charge in [0, 0.05) is 17.8 Å². The lowest BCUT2D eigenvalue weighted by atomic mass is 10.0. The largest absolute Gasteiger partial charge is 0.481 e. The highest BCUT2D eigenvalue weighted by atomic mass is 32.1. The van der Waals surface area contributed by atoms with Crippen LogP contribution in [0.15, 0.2) is 0 Å². The Balaban J connectivity index is 1.38. The van der Waals surface area contributed by atoms with E-state index in [1.165, 1.54) is 34.8 Å². The lowest BCUT2D eigenvalue weighted by molar-refractivity contribution is -0.140. The van der Waals surface area contributed by atoms with E-state index in [0.29, 0.717) is 13.0 Å². The van der Waals surface area contributed by atoms with Gasteiger partial charge in [-0.05, 0) is 38.5 Å². The Hall–Kier alpha value is -1.43. The number of carbonyl (C=O) groups is 2. The summed E-state index contributed by atoms with van der Waals surface area (Å²) in [6, 6.07) is 0. The van der Waals surface area contributed by atoms with Gasteiger partial charge in [0.15, 0.2) is 0 Å². The molecule has 1 amide bonds. The molecule has 0 radical (unpaired) electrons. The van der Waals surface area contributed by atoms with Gasteiger partial charge in [-0.3, -0.25) is 9.59 Å². The highest BCUT2D eigenvalue weighted by Crippen LogP contribution is 2.38. The number of aliphatic carboxylic acids is 1. The fourth-order valence-corrected chi connectivity index (χ4v) is 4.05. The molecule has 3 rings (SSSR count). The Bertz CT molecular complexity index is 532. The number of hydrogen-bond acceptors (Lipinski definition) is 4. The van der Waals surface area contributed by atoms with Crippen LogP contribution in [0.3, 0.4) is 0 Å². The Labute approximate surface area is 127 Å². The molecule has 0 spiro atoms. The fraction of sp³-hybridized carbons (Fsp3) is 0.667. The van der Waals surface area contributed by atoms with Crippen LogP contribution in [0.25, 0.3) is 0 Å². The number of nitrogens with zero attached hydrogens (tertiary/aromatic N) is 1. The van der Waals surface area contributed by atoms with Gasteiger partial charge < -0.3 is 10.4 Å². The summed E-state index contributed by atoms with van der Waals surface area (Å²) < 4.78 is 0. The third kappa shape index (κ3) is 3.43. The van der Waals surface area contributed by atoms with Crippen LogP contribution in [0, 0.1) is 11.8 Å². The van der Waals surface area contributed by atoms with E-state index in [2.05, 4.69) is 10.3 Å². The molecule has 1 fully saturated rings. The molecule has 0 aromatic carbocycles. The van der Waals surface area contributed by atoms with Crippen molar-refractivity contribution in [2.75, 3.05) is 6.54 Å². The van der Waals surface area contributed by atoms with Gasteiger partial charge in [-0.2, -0.15) is 0 Å². The molecule has 6 heteroatoms. The van der Waals surface area contributed by atoms with E-state index in [1.54, 1.807) is 0 Å². The van der Waals surface area contributed by atoms with Crippen LogP contribution in [0.1, 0.15) is 41.3 Å². The molecular weight excluding hydrogens is 288 g/mol. The zero-order chi connectivity index (χ0) is 14.8. The van der Waals surface area contributed by atoms with Gasteiger partial charge in [0.1, 0.15) is 0 Å². The maximum Gasteiger partial charge on any atom is 0.307 e. The van der Waals surface area contributed by atoms with Crippen molar-refractivity contribution in [3.63, 3.8) is 0 Å². The molecular formula is C15H20N2O3S. The number of hydrogen-bond donors (Lipinski definition) is 2. The van der Waals surface area contributed by atoms with Crippen LogP contribution in [0.2, 0.25) is 0 Å². The Morgan fingerprint density at radius 3 is 2.81 bits per heavy atom. The van der Waals surface area contributed by atoms with Crippen molar-refractivity contribution in [2.24, 2.45) is 11.8 Å². The third-order valence-corrected chi connectivity index (χ3v) is 5.42. The van der Waals surface area contributed by atoms with Gasteiger partial charge in [-0.1, -0.05) is 0 Å². The topological polar surface area (TPSA) is 79.3 Å². The lowest BCUT2D eigenvalue weighted by Gasteiger charge is -2.06. The molecule has 2 atom stereocenters. The van der Waals surface area contributed by atoms with Gasteiger partial charge in [0.05, 0.1) is 22.5 Å². The number of fused-ring (bicyclic) bond motifs is 1. The fourth-order valence-electron chi connectivity index (χ4n) is 2.85. The summed E-state index contributed by atoms with van der Waals surface area (Å²) in [5, 5.41) is 12.8. The molecule has 2 N–H and O–H groups in total. The second-order valence-electron chi connectivity index (χ2n) is 5.87. The Morgan fingerprint density at radius 1 is 1.29 bits per heavy atom. The monoisotopic (exact) mass is 308 g/mol. The van der Waals surface area contributed by atoms with Crippen LogP contribution >= 0.6 is 11.3 Å². The van der Waals surface area contributed by atoms with Crippen molar-refractivity contribution >= 4 is 23.2 Å². The third-order valence-electron chi connectivity index (χ3n) is 4.20. The molecule has 2 aliphatic rings. The molecule has 1 aromatic heterocycles. The molecule has 1 heterocycles. The maximum absolute atomic E-state index is 11.7. The average Bonchev–Trinajstić information content (AvgIpc) is 3.17. The van der Waals surface area contributed by atoms with Crippen LogP contribution in [-0.4, -0.2) is 28.5 Å². The summed E-state index contributed by atoms with van der Waals surface area (Å²) in [7, 11) is 0. The van der Waals surface area contributed by atoms with Crippen molar-refractivity contribution in [1.82, 2.24) is 10.3 Å². The zero-order valence-electron chi connectivity index (χ0n) is 11.9. The molecule has 0 saturated heterocycles. The SMILES string of the molecule is O=C(O)[C@H]1C[C@H]1C(=O)NCCCc1nc2c(s1)CCCC2. The number of amides is 1. The highest BCUT2D eigenvalue weighted by Gasteiger charge is 2.48. The minimum Gasteiger partial charge on any atom is -0.481 e. The first kappa shape index (κ1) is 14.5. The first-order valence-corrected chi connectivity index (χ1v) is 8.45. The van der Waals surface area contributed by atoms with Gasteiger partial charge in [-0.25, -0.2) is 4.98 Å². The summed E-state index contributed by atoms with van der Waals surface area (Å²) in [5.74, 6) is -1.74. The smallest absolute Gasteiger partial charge is 0.307 e. The van der Waals surface area contributed by atoms with E-state index in [0.717, 1.165) is 19.3 Å². The summed E-state index contributed by atoms with van der Waals surface area (Å²) in [4.78, 5) is 28.5. The van der Waals surface area contributed by atoms with Crippen LogP contribution in [0.4, 0.5) is 0 Å². The molecule has 0 aliphatic heterocycles. The van der Waals surface area contributed by atoms with Gasteiger partial charge in [-0.15, -0.1) is 11.3 Å². The van der Waals surface area contributed by atoms with E-state index in [4.69, 9.17) is 5.11 Å². The summed E-state index contributed by atoms with van der Waals surface area (Å²) >= 11 is 1.82. The highest BCUT2D eigenvalue weighted by molar-refractivity contribution is 7.11. The Kier molecular flexibility index (Phi) is 4.24. The quantitative estimate of drug-likeness (QED) is 0.785. The van der Waals surface area contributed by atoms with Crippen LogP contribution in [0.5, 0.6) is 0 Å². The Morgan fingerprint density at radius 2 is 2.10 bits per heavy atom. The van der Waals surface area contributed by atoms with Crippen LogP contribution in [-0.2, 0) is 28.9 Å². The average molecular weight is 308 g/mol. The zero-order valence-corrected chi connectivity index (χ0v) is 12.7. The second kappa shape index (κ2) is 6.13. The minimum atomic E-state index is -0.858. The standard InChI is InChI=1S/C15H20N2O3S/c18-14(9-8-10(9)15(19)20)16-7-3-6-13-17-11-4-1-2-5-12(11)21-13/h9-10H,1-8H2,(H,16,18)(H,19,20)/t9-,10+/m1/s1. The number of carboxylic acids is 1. The molecule has 0 unspecified atom stereocenters. The number of nitrogens with one attached hydrogen (secondary N) is 1. The molecule has 114 valence electrons. The van der Waals surface area contributed by atoms with Gasteiger partial charge in [0.25, 0.3) is 0 Å². The summed E-state index contributed by atoms with van der Waals surface area (Å²) in [5.41, 5.74) is 1.28.